The van der Waals surface area contributed by atoms with Crippen LogP contribution in [0.2, 0.25) is 0 Å². The van der Waals surface area contributed by atoms with E-state index in [2.05, 4.69) is 61.8 Å². The van der Waals surface area contributed by atoms with Gasteiger partial charge in [-0.2, -0.15) is 0 Å². The number of ether oxygens (including phenoxy) is 1. The number of hydrogen-bond acceptors (Lipinski definition) is 1. The van der Waals surface area contributed by atoms with Crippen LogP contribution in [0.1, 0.15) is 51.2 Å². The van der Waals surface area contributed by atoms with E-state index in [0.717, 1.165) is 24.1 Å². The molecule has 1 rings (SSSR count). The van der Waals surface area contributed by atoms with E-state index < -0.39 is 0 Å². The van der Waals surface area contributed by atoms with Crippen LogP contribution < -0.4 is 4.74 Å². The maximum Gasteiger partial charge on any atom is 0.122 e. The third-order valence-corrected chi connectivity index (χ3v) is 3.64. The van der Waals surface area contributed by atoms with E-state index in [1.807, 2.05) is 0 Å². The predicted octanol–water partition coefficient (Wildman–Crippen LogP) is 5.24. The fourth-order valence-electron chi connectivity index (χ4n) is 1.83. The topological polar surface area (TPSA) is 9.23 Å². The molecule has 1 aromatic rings. The van der Waals surface area contributed by atoms with E-state index in [1.165, 1.54) is 24.0 Å². The van der Waals surface area contributed by atoms with Gasteiger partial charge in [0.15, 0.2) is 0 Å². The lowest BCUT2D eigenvalue weighted by Crippen LogP contribution is -2.11. The molecule has 0 heterocycles. The molecule has 18 heavy (non-hydrogen) atoms. The van der Waals surface area contributed by atoms with E-state index in [9.17, 15) is 0 Å². The molecule has 0 radical (unpaired) electrons. The van der Waals surface area contributed by atoms with E-state index in [0.29, 0.717) is 0 Å². The Labute approximate surface area is 120 Å². The minimum absolute atomic E-state index is 0.208. The first-order valence-electron chi connectivity index (χ1n) is 6.75. The van der Waals surface area contributed by atoms with Crippen molar-refractivity contribution in [2.75, 3.05) is 11.9 Å². The molecule has 0 saturated carbocycles. The van der Waals surface area contributed by atoms with Gasteiger partial charge in [-0.1, -0.05) is 48.8 Å². The van der Waals surface area contributed by atoms with Crippen LogP contribution in [0.4, 0.5) is 0 Å². The lowest BCUT2D eigenvalue weighted by molar-refractivity contribution is 0.304. The highest BCUT2D eigenvalue weighted by Crippen LogP contribution is 2.27. The molecule has 0 aromatic heterocycles. The van der Waals surface area contributed by atoms with Gasteiger partial charge in [0.05, 0.1) is 6.61 Å². The van der Waals surface area contributed by atoms with Crippen LogP contribution in [0.25, 0.3) is 0 Å². The fraction of sp³-hybridized carbons (Fsp3) is 0.625. The summed E-state index contributed by atoms with van der Waals surface area (Å²) in [6.07, 6.45) is 3.59. The first kappa shape index (κ1) is 15.6. The molecule has 0 fully saturated rings. The van der Waals surface area contributed by atoms with E-state index in [-0.39, 0.29) is 5.41 Å². The number of hydrogen-bond donors (Lipinski definition) is 0. The minimum atomic E-state index is 0.208. The van der Waals surface area contributed by atoms with Gasteiger partial charge in [0.25, 0.3) is 0 Å². The second-order valence-electron chi connectivity index (χ2n) is 5.83. The summed E-state index contributed by atoms with van der Waals surface area (Å²) in [6.45, 7) is 9.67. The van der Waals surface area contributed by atoms with Gasteiger partial charge in [0.2, 0.25) is 0 Å². The Morgan fingerprint density at radius 2 is 1.83 bits per heavy atom. The van der Waals surface area contributed by atoms with Crippen molar-refractivity contribution >= 4 is 15.9 Å². The van der Waals surface area contributed by atoms with Crippen LogP contribution in [0.15, 0.2) is 18.2 Å². The first-order valence-corrected chi connectivity index (χ1v) is 7.87. The van der Waals surface area contributed by atoms with Crippen molar-refractivity contribution in [3.05, 3.63) is 29.3 Å². The van der Waals surface area contributed by atoms with Crippen LogP contribution in [-0.4, -0.2) is 11.9 Å². The van der Waals surface area contributed by atoms with Gasteiger partial charge in [-0.05, 0) is 48.8 Å². The van der Waals surface area contributed by atoms with Crippen LogP contribution in [-0.2, 0) is 5.41 Å². The second kappa shape index (κ2) is 7.18. The van der Waals surface area contributed by atoms with Crippen molar-refractivity contribution in [3.8, 4) is 5.75 Å². The largest absolute Gasteiger partial charge is 0.493 e. The molecule has 0 unspecified atom stereocenters. The van der Waals surface area contributed by atoms with Gasteiger partial charge in [-0.3, -0.25) is 0 Å². The van der Waals surface area contributed by atoms with Crippen molar-refractivity contribution in [2.45, 2.75) is 52.4 Å². The predicted molar refractivity (Wildman–Crippen MR) is 83.0 cm³/mol. The van der Waals surface area contributed by atoms with Gasteiger partial charge >= 0.3 is 0 Å². The maximum atomic E-state index is 5.84. The highest BCUT2D eigenvalue weighted by molar-refractivity contribution is 9.09. The Morgan fingerprint density at radius 1 is 1.11 bits per heavy atom. The molecule has 0 aliphatic rings. The first-order chi connectivity index (χ1) is 8.45. The normalized spacial score (nSPS) is 11.6. The summed E-state index contributed by atoms with van der Waals surface area (Å²) >= 11 is 3.44. The van der Waals surface area contributed by atoms with E-state index >= 15 is 0 Å². The van der Waals surface area contributed by atoms with Gasteiger partial charge in [0.1, 0.15) is 5.75 Å². The zero-order valence-corrected chi connectivity index (χ0v) is 13.6. The molecule has 0 aliphatic carbocycles. The molecule has 0 amide bonds. The number of halogens is 1. The molecule has 102 valence electrons. The smallest absolute Gasteiger partial charge is 0.122 e. The highest BCUT2D eigenvalue weighted by Gasteiger charge is 2.14. The average molecular weight is 313 g/mol. The summed E-state index contributed by atoms with van der Waals surface area (Å²) in [7, 11) is 0. The fourth-order valence-corrected chi connectivity index (χ4v) is 2.23. The molecule has 0 bridgehead atoms. The van der Waals surface area contributed by atoms with Crippen LogP contribution in [0.5, 0.6) is 5.75 Å². The molecule has 0 N–H and O–H groups in total. The van der Waals surface area contributed by atoms with Gasteiger partial charge in [-0.15, -0.1) is 0 Å². The Balaban J connectivity index is 2.53. The van der Waals surface area contributed by atoms with Crippen LogP contribution in [0.3, 0.4) is 0 Å². The number of alkyl halides is 1. The molecule has 0 saturated heterocycles. The Bertz CT molecular complexity index is 366. The zero-order valence-electron chi connectivity index (χ0n) is 12.1. The zero-order chi connectivity index (χ0) is 13.6. The van der Waals surface area contributed by atoms with Crippen molar-refractivity contribution in [2.24, 2.45) is 0 Å². The quantitative estimate of drug-likeness (QED) is 0.516. The van der Waals surface area contributed by atoms with Crippen molar-refractivity contribution in [3.63, 3.8) is 0 Å². The average Bonchev–Trinajstić information content (AvgIpc) is 2.29. The third kappa shape index (κ3) is 5.01. The molecule has 1 nitrogen and oxygen atoms in total. The Morgan fingerprint density at radius 3 is 2.39 bits per heavy atom. The number of benzene rings is 1. The summed E-state index contributed by atoms with van der Waals surface area (Å²) in [5.41, 5.74) is 2.81. The van der Waals surface area contributed by atoms with Crippen LogP contribution in [0, 0.1) is 6.92 Å². The van der Waals surface area contributed by atoms with Gasteiger partial charge in [-0.25, -0.2) is 0 Å². The number of rotatable bonds is 6. The SMILES string of the molecule is Cc1cc(C(C)(C)C)ccc1OCCCCCBr. The maximum absolute atomic E-state index is 5.84. The van der Waals surface area contributed by atoms with Crippen molar-refractivity contribution in [1.29, 1.82) is 0 Å². The van der Waals surface area contributed by atoms with Gasteiger partial charge in [0, 0.05) is 5.33 Å². The lowest BCUT2D eigenvalue weighted by atomic mass is 9.86. The van der Waals surface area contributed by atoms with Gasteiger partial charge < -0.3 is 4.74 Å². The highest BCUT2D eigenvalue weighted by atomic mass is 79.9. The van der Waals surface area contributed by atoms with Crippen molar-refractivity contribution < 1.29 is 4.74 Å². The molecule has 2 heteroatoms. The molecular weight excluding hydrogens is 288 g/mol. The third-order valence-electron chi connectivity index (χ3n) is 3.08. The Kier molecular flexibility index (Phi) is 6.20. The minimum Gasteiger partial charge on any atom is -0.493 e. The number of aryl methyl sites for hydroxylation is 1. The number of unbranched alkanes of at least 4 members (excludes halogenated alkanes) is 2. The monoisotopic (exact) mass is 312 g/mol. The summed E-state index contributed by atoms with van der Waals surface area (Å²) in [5.74, 6) is 1.03. The van der Waals surface area contributed by atoms with E-state index in [1.54, 1.807) is 0 Å². The van der Waals surface area contributed by atoms with Crippen molar-refractivity contribution in [1.82, 2.24) is 0 Å². The summed E-state index contributed by atoms with van der Waals surface area (Å²) < 4.78 is 5.84. The molecule has 0 aliphatic heterocycles. The second-order valence-corrected chi connectivity index (χ2v) is 6.62. The molecule has 0 spiro atoms. The summed E-state index contributed by atoms with van der Waals surface area (Å²) in [6, 6.07) is 6.54. The lowest BCUT2D eigenvalue weighted by Gasteiger charge is -2.20. The molecule has 0 atom stereocenters. The Hall–Kier alpha value is -0.500. The molecule has 1 aromatic carbocycles. The van der Waals surface area contributed by atoms with E-state index in [4.69, 9.17) is 4.74 Å². The molecular formula is C16H25BrO. The summed E-state index contributed by atoms with van der Waals surface area (Å²) in [5, 5.41) is 1.09. The summed E-state index contributed by atoms with van der Waals surface area (Å²) in [4.78, 5) is 0. The standard InChI is InChI=1S/C16H25BrO/c1-13-12-14(16(2,3)4)8-9-15(13)18-11-7-5-6-10-17/h8-9,12H,5-7,10-11H2,1-4H3. The van der Waals surface area contributed by atoms with Crippen LogP contribution >= 0.6 is 15.9 Å².